The number of hydrogen-bond acceptors (Lipinski definition) is 3. The molecule has 0 radical (unpaired) electrons. The van der Waals surface area contributed by atoms with Gasteiger partial charge in [0.1, 0.15) is 0 Å². The van der Waals surface area contributed by atoms with Crippen LogP contribution < -0.4 is 5.32 Å². The number of aliphatic hydroxyl groups is 1. The van der Waals surface area contributed by atoms with E-state index in [4.69, 9.17) is 0 Å². The zero-order valence-electron chi connectivity index (χ0n) is 9.24. The Hall–Kier alpha value is -0.120. The van der Waals surface area contributed by atoms with Crippen LogP contribution >= 0.6 is 0 Å². The molecule has 0 aliphatic carbocycles. The van der Waals surface area contributed by atoms with Crippen LogP contribution in [0, 0.1) is 5.92 Å². The van der Waals surface area contributed by atoms with E-state index in [-0.39, 0.29) is 6.10 Å². The van der Waals surface area contributed by atoms with Crippen molar-refractivity contribution >= 4 is 0 Å². The second-order valence-corrected chi connectivity index (χ2v) is 4.77. The number of nitrogens with one attached hydrogen (secondary N) is 1. The zero-order valence-corrected chi connectivity index (χ0v) is 9.24. The van der Waals surface area contributed by atoms with Crippen molar-refractivity contribution in [1.29, 1.82) is 0 Å². The number of aliphatic hydroxyl groups excluding tert-OH is 1. The van der Waals surface area contributed by atoms with Crippen molar-refractivity contribution in [1.82, 2.24) is 10.2 Å². The van der Waals surface area contributed by atoms with Crippen molar-refractivity contribution < 1.29 is 5.11 Å². The van der Waals surface area contributed by atoms with Crippen LogP contribution in [0.1, 0.15) is 26.7 Å². The Kier molecular flexibility index (Phi) is 3.10. The van der Waals surface area contributed by atoms with E-state index in [0.717, 1.165) is 19.0 Å². The maximum Gasteiger partial charge on any atom is 0.0831 e. The zero-order chi connectivity index (χ0) is 10.1. The lowest BCUT2D eigenvalue weighted by Crippen LogP contribution is -2.46. The summed E-state index contributed by atoms with van der Waals surface area (Å²) >= 11 is 0. The van der Waals surface area contributed by atoms with Crippen molar-refractivity contribution in [2.24, 2.45) is 5.92 Å². The van der Waals surface area contributed by atoms with E-state index in [1.54, 1.807) is 0 Å². The first-order valence-electron chi connectivity index (χ1n) is 5.88. The molecule has 0 spiro atoms. The number of rotatable bonds is 2. The van der Waals surface area contributed by atoms with Crippen molar-refractivity contribution in [3.8, 4) is 0 Å². The molecule has 0 bridgehead atoms. The molecular weight excluding hydrogens is 176 g/mol. The standard InChI is InChI=1S/C11H22N2O/c1-3-9-8(2)4-5-13(9)10-6-12-7-11(10)14/h8-12,14H,3-7H2,1-2H3. The molecule has 82 valence electrons. The summed E-state index contributed by atoms with van der Waals surface area (Å²) in [5, 5.41) is 13.1. The largest absolute Gasteiger partial charge is 0.390 e. The average Bonchev–Trinajstić information content (AvgIpc) is 2.71. The predicted molar refractivity (Wildman–Crippen MR) is 57.2 cm³/mol. The number of hydrogen-bond donors (Lipinski definition) is 2. The molecule has 0 aromatic rings. The van der Waals surface area contributed by atoms with Crippen LogP contribution in [0.3, 0.4) is 0 Å². The quantitative estimate of drug-likeness (QED) is 0.676. The molecule has 0 aromatic carbocycles. The molecular formula is C11H22N2O. The second-order valence-electron chi connectivity index (χ2n) is 4.77. The monoisotopic (exact) mass is 198 g/mol. The van der Waals surface area contributed by atoms with Crippen molar-refractivity contribution in [2.45, 2.75) is 44.9 Å². The number of β-amino-alcohol motifs (C(OH)–C–C–N with tert-alkyl or cyclic N) is 1. The summed E-state index contributed by atoms with van der Waals surface area (Å²) in [6.07, 6.45) is 2.35. The molecule has 3 heteroatoms. The minimum absolute atomic E-state index is 0.158. The first-order chi connectivity index (χ1) is 6.74. The van der Waals surface area contributed by atoms with Gasteiger partial charge in [-0.1, -0.05) is 13.8 Å². The van der Waals surface area contributed by atoms with Gasteiger partial charge in [-0.3, -0.25) is 4.90 Å². The summed E-state index contributed by atoms with van der Waals surface area (Å²) < 4.78 is 0. The highest BCUT2D eigenvalue weighted by Crippen LogP contribution is 2.29. The Labute approximate surface area is 86.5 Å². The van der Waals surface area contributed by atoms with Gasteiger partial charge in [-0.2, -0.15) is 0 Å². The molecule has 0 aromatic heterocycles. The summed E-state index contributed by atoms with van der Waals surface area (Å²) in [5.74, 6) is 0.799. The first kappa shape index (κ1) is 10.4. The Bertz CT molecular complexity index is 198. The smallest absolute Gasteiger partial charge is 0.0831 e. The molecule has 0 saturated carbocycles. The maximum atomic E-state index is 9.84. The highest BCUT2D eigenvalue weighted by molar-refractivity contribution is 4.95. The lowest BCUT2D eigenvalue weighted by atomic mass is 10.00. The molecule has 14 heavy (non-hydrogen) atoms. The van der Waals surface area contributed by atoms with E-state index in [0.29, 0.717) is 12.1 Å². The minimum Gasteiger partial charge on any atom is -0.390 e. The van der Waals surface area contributed by atoms with Gasteiger partial charge in [0, 0.05) is 25.2 Å². The van der Waals surface area contributed by atoms with E-state index in [9.17, 15) is 5.11 Å². The van der Waals surface area contributed by atoms with E-state index in [1.807, 2.05) is 0 Å². The van der Waals surface area contributed by atoms with Gasteiger partial charge in [0.05, 0.1) is 6.10 Å². The minimum atomic E-state index is -0.158. The van der Waals surface area contributed by atoms with E-state index in [2.05, 4.69) is 24.1 Å². The van der Waals surface area contributed by atoms with Crippen molar-refractivity contribution in [3.63, 3.8) is 0 Å². The SMILES string of the molecule is CCC1C(C)CCN1C1CNCC1O. The summed E-state index contributed by atoms with van der Waals surface area (Å²) in [6, 6.07) is 1.06. The Morgan fingerprint density at radius 1 is 1.43 bits per heavy atom. The molecule has 2 N–H and O–H groups in total. The van der Waals surface area contributed by atoms with Gasteiger partial charge in [-0.25, -0.2) is 0 Å². The van der Waals surface area contributed by atoms with Gasteiger partial charge >= 0.3 is 0 Å². The maximum absolute atomic E-state index is 9.84. The number of nitrogens with zero attached hydrogens (tertiary/aromatic N) is 1. The Morgan fingerprint density at radius 2 is 2.21 bits per heavy atom. The fourth-order valence-corrected chi connectivity index (χ4v) is 3.08. The molecule has 2 heterocycles. The van der Waals surface area contributed by atoms with E-state index < -0.39 is 0 Å². The molecule has 2 aliphatic rings. The van der Waals surface area contributed by atoms with Crippen LogP contribution in [0.5, 0.6) is 0 Å². The lowest BCUT2D eigenvalue weighted by Gasteiger charge is -2.32. The Morgan fingerprint density at radius 3 is 2.79 bits per heavy atom. The van der Waals surface area contributed by atoms with Crippen LogP contribution in [-0.4, -0.2) is 47.8 Å². The summed E-state index contributed by atoms with van der Waals surface area (Å²) in [5.41, 5.74) is 0. The van der Waals surface area contributed by atoms with E-state index >= 15 is 0 Å². The first-order valence-corrected chi connectivity index (χ1v) is 5.88. The normalized spacial score (nSPS) is 44.8. The summed E-state index contributed by atoms with van der Waals surface area (Å²) in [4.78, 5) is 2.52. The highest BCUT2D eigenvalue weighted by Gasteiger charge is 2.39. The summed E-state index contributed by atoms with van der Waals surface area (Å²) in [6.45, 7) is 7.50. The molecule has 4 unspecified atom stereocenters. The van der Waals surface area contributed by atoms with Gasteiger partial charge in [-0.15, -0.1) is 0 Å². The van der Waals surface area contributed by atoms with Gasteiger partial charge < -0.3 is 10.4 Å². The predicted octanol–water partition coefficient (Wildman–Crippen LogP) is 0.439. The van der Waals surface area contributed by atoms with Gasteiger partial charge in [0.15, 0.2) is 0 Å². The molecule has 2 fully saturated rings. The highest BCUT2D eigenvalue weighted by atomic mass is 16.3. The second kappa shape index (κ2) is 4.17. The van der Waals surface area contributed by atoms with Crippen molar-refractivity contribution in [3.05, 3.63) is 0 Å². The Balaban J connectivity index is 2.02. The van der Waals surface area contributed by atoms with Gasteiger partial charge in [0.2, 0.25) is 0 Å². The van der Waals surface area contributed by atoms with Crippen LogP contribution in [0.25, 0.3) is 0 Å². The average molecular weight is 198 g/mol. The van der Waals surface area contributed by atoms with Crippen LogP contribution in [0.4, 0.5) is 0 Å². The molecule has 0 amide bonds. The third-order valence-electron chi connectivity index (χ3n) is 3.92. The molecule has 3 nitrogen and oxygen atoms in total. The fourth-order valence-electron chi connectivity index (χ4n) is 3.08. The molecule has 2 aliphatic heterocycles. The lowest BCUT2D eigenvalue weighted by molar-refractivity contribution is 0.0683. The fraction of sp³-hybridized carbons (Fsp3) is 1.00. The van der Waals surface area contributed by atoms with Crippen LogP contribution in [-0.2, 0) is 0 Å². The molecule has 4 atom stereocenters. The van der Waals surface area contributed by atoms with Gasteiger partial charge in [-0.05, 0) is 25.3 Å². The van der Waals surface area contributed by atoms with Crippen LogP contribution in [0.2, 0.25) is 0 Å². The topological polar surface area (TPSA) is 35.5 Å². The van der Waals surface area contributed by atoms with Gasteiger partial charge in [0.25, 0.3) is 0 Å². The summed E-state index contributed by atoms with van der Waals surface area (Å²) in [7, 11) is 0. The third kappa shape index (κ3) is 1.69. The molecule has 2 saturated heterocycles. The molecule has 2 rings (SSSR count). The number of likely N-dealkylation sites (tertiary alicyclic amines) is 1. The van der Waals surface area contributed by atoms with Crippen LogP contribution in [0.15, 0.2) is 0 Å². The van der Waals surface area contributed by atoms with Crippen molar-refractivity contribution in [2.75, 3.05) is 19.6 Å². The van der Waals surface area contributed by atoms with E-state index in [1.165, 1.54) is 19.4 Å². The third-order valence-corrected chi connectivity index (χ3v) is 3.92.